The van der Waals surface area contributed by atoms with Gasteiger partial charge in [-0.15, -0.1) is 0 Å². The average Bonchev–Trinajstić information content (AvgIpc) is 2.63. The molecule has 0 spiro atoms. The molecule has 1 heterocycles. The summed E-state index contributed by atoms with van der Waals surface area (Å²) in [5.74, 6) is 0.110. The molecule has 3 aromatic carbocycles. The van der Waals surface area contributed by atoms with Crippen LogP contribution in [0.4, 0.5) is 11.4 Å². The minimum absolute atomic E-state index is 0.0642. The Bertz CT molecular complexity index is 917. The minimum Gasteiger partial charge on any atom is -0.508 e. The van der Waals surface area contributed by atoms with Crippen molar-refractivity contribution in [1.29, 1.82) is 0 Å². The van der Waals surface area contributed by atoms with Crippen molar-refractivity contribution in [2.75, 3.05) is 10.2 Å². The van der Waals surface area contributed by atoms with Crippen LogP contribution in [0.1, 0.15) is 27.7 Å². The second kappa shape index (κ2) is 5.98. The van der Waals surface area contributed by atoms with Crippen LogP contribution in [-0.4, -0.2) is 11.0 Å². The lowest BCUT2D eigenvalue weighted by atomic mass is 10.0. The van der Waals surface area contributed by atoms with Gasteiger partial charge in [-0.05, 0) is 48.9 Å². The molecule has 1 aliphatic rings. The zero-order valence-electron chi connectivity index (χ0n) is 13.8. The normalized spacial score (nSPS) is 16.3. The van der Waals surface area contributed by atoms with Gasteiger partial charge in [-0.3, -0.25) is 9.69 Å². The number of phenols is 1. The molecular weight excluding hydrogens is 312 g/mol. The van der Waals surface area contributed by atoms with Gasteiger partial charge in [0, 0.05) is 11.4 Å². The van der Waals surface area contributed by atoms with Crippen molar-refractivity contribution >= 4 is 17.3 Å². The maximum atomic E-state index is 13.2. The number of para-hydroxylation sites is 1. The number of hydrogen-bond donors (Lipinski definition) is 2. The van der Waals surface area contributed by atoms with Gasteiger partial charge >= 0.3 is 0 Å². The predicted octanol–water partition coefficient (Wildman–Crippen LogP) is 4.47. The van der Waals surface area contributed by atoms with Gasteiger partial charge in [0.25, 0.3) is 5.91 Å². The Balaban J connectivity index is 1.85. The number of nitrogens with zero attached hydrogens (tertiary/aromatic N) is 1. The van der Waals surface area contributed by atoms with Gasteiger partial charge < -0.3 is 10.4 Å². The SMILES string of the molecule is Cc1ccc(C2Nc3ccccc3C(=O)N2c2ccc(O)cc2)cc1. The largest absolute Gasteiger partial charge is 0.508 e. The predicted molar refractivity (Wildman–Crippen MR) is 98.9 cm³/mol. The lowest BCUT2D eigenvalue weighted by Crippen LogP contribution is -2.43. The van der Waals surface area contributed by atoms with Crippen LogP contribution >= 0.6 is 0 Å². The van der Waals surface area contributed by atoms with E-state index < -0.39 is 0 Å². The fourth-order valence-corrected chi connectivity index (χ4v) is 3.12. The van der Waals surface area contributed by atoms with Crippen LogP contribution in [0.15, 0.2) is 72.8 Å². The zero-order chi connectivity index (χ0) is 17.4. The van der Waals surface area contributed by atoms with Gasteiger partial charge in [-0.2, -0.15) is 0 Å². The summed E-state index contributed by atoms with van der Waals surface area (Å²) in [7, 11) is 0. The molecule has 0 fully saturated rings. The monoisotopic (exact) mass is 330 g/mol. The summed E-state index contributed by atoms with van der Waals surface area (Å²) < 4.78 is 0. The fraction of sp³-hybridized carbons (Fsp3) is 0.0952. The number of carbonyl (C=O) groups is 1. The standard InChI is InChI=1S/C21H18N2O2/c1-14-6-8-15(9-7-14)20-22-19-5-3-2-4-18(19)21(25)23(20)16-10-12-17(24)13-11-16/h2-13,20,22,24H,1H3. The van der Waals surface area contributed by atoms with E-state index in [-0.39, 0.29) is 17.8 Å². The number of carbonyl (C=O) groups excluding carboxylic acids is 1. The molecule has 25 heavy (non-hydrogen) atoms. The highest BCUT2D eigenvalue weighted by Gasteiger charge is 2.33. The molecule has 0 saturated carbocycles. The quantitative estimate of drug-likeness (QED) is 0.729. The average molecular weight is 330 g/mol. The molecule has 0 aromatic heterocycles. The third-order valence-corrected chi connectivity index (χ3v) is 4.45. The summed E-state index contributed by atoms with van der Waals surface area (Å²) in [4.78, 5) is 14.9. The molecule has 124 valence electrons. The summed E-state index contributed by atoms with van der Waals surface area (Å²) in [6.45, 7) is 2.04. The lowest BCUT2D eigenvalue weighted by Gasteiger charge is -2.38. The number of aryl methyl sites for hydroxylation is 1. The molecule has 1 atom stereocenters. The summed E-state index contributed by atoms with van der Waals surface area (Å²) in [5.41, 5.74) is 4.37. The Morgan fingerprint density at radius 2 is 1.60 bits per heavy atom. The van der Waals surface area contributed by atoms with Crippen LogP contribution in [0, 0.1) is 6.92 Å². The van der Waals surface area contributed by atoms with Crippen LogP contribution in [-0.2, 0) is 0 Å². The minimum atomic E-state index is -0.312. The van der Waals surface area contributed by atoms with E-state index in [2.05, 4.69) is 5.32 Å². The van der Waals surface area contributed by atoms with Crippen molar-refractivity contribution < 1.29 is 9.90 Å². The molecule has 4 nitrogen and oxygen atoms in total. The highest BCUT2D eigenvalue weighted by molar-refractivity contribution is 6.12. The molecule has 2 N–H and O–H groups in total. The molecule has 3 aromatic rings. The number of benzene rings is 3. The van der Waals surface area contributed by atoms with E-state index in [1.54, 1.807) is 29.2 Å². The first-order chi connectivity index (χ1) is 12.1. The summed E-state index contributed by atoms with van der Waals surface area (Å²) in [6, 6.07) is 22.4. The number of rotatable bonds is 2. The van der Waals surface area contributed by atoms with E-state index in [0.717, 1.165) is 16.9 Å². The molecular formula is C21H18N2O2. The van der Waals surface area contributed by atoms with E-state index in [0.29, 0.717) is 5.56 Å². The first-order valence-corrected chi connectivity index (χ1v) is 8.18. The number of anilines is 2. The Labute approximate surface area is 146 Å². The number of fused-ring (bicyclic) bond motifs is 1. The lowest BCUT2D eigenvalue weighted by molar-refractivity contribution is 0.0975. The molecule has 0 saturated heterocycles. The highest BCUT2D eigenvalue weighted by Crippen LogP contribution is 2.37. The van der Waals surface area contributed by atoms with E-state index in [4.69, 9.17) is 0 Å². The van der Waals surface area contributed by atoms with Crippen LogP contribution in [0.5, 0.6) is 5.75 Å². The summed E-state index contributed by atoms with van der Waals surface area (Å²) >= 11 is 0. The molecule has 1 amide bonds. The molecule has 1 unspecified atom stereocenters. The van der Waals surface area contributed by atoms with Crippen molar-refractivity contribution in [3.63, 3.8) is 0 Å². The van der Waals surface area contributed by atoms with Crippen molar-refractivity contribution in [2.24, 2.45) is 0 Å². The number of amides is 1. The fourth-order valence-electron chi connectivity index (χ4n) is 3.12. The summed E-state index contributed by atoms with van der Waals surface area (Å²) in [5, 5.41) is 13.0. The van der Waals surface area contributed by atoms with Crippen molar-refractivity contribution in [2.45, 2.75) is 13.1 Å². The van der Waals surface area contributed by atoms with Crippen LogP contribution in [0.3, 0.4) is 0 Å². The maximum absolute atomic E-state index is 13.2. The molecule has 0 aliphatic carbocycles. The Morgan fingerprint density at radius 3 is 2.32 bits per heavy atom. The Kier molecular flexibility index (Phi) is 3.65. The number of aromatic hydroxyl groups is 1. The topological polar surface area (TPSA) is 52.6 Å². The second-order valence-corrected chi connectivity index (χ2v) is 6.19. The zero-order valence-corrected chi connectivity index (χ0v) is 13.8. The third-order valence-electron chi connectivity index (χ3n) is 4.45. The van der Waals surface area contributed by atoms with Gasteiger partial charge in [0.1, 0.15) is 11.9 Å². The van der Waals surface area contributed by atoms with Crippen molar-refractivity contribution in [3.8, 4) is 5.75 Å². The van der Waals surface area contributed by atoms with E-state index in [1.165, 1.54) is 5.56 Å². The third kappa shape index (κ3) is 2.72. The van der Waals surface area contributed by atoms with E-state index >= 15 is 0 Å². The molecule has 0 bridgehead atoms. The van der Waals surface area contributed by atoms with Gasteiger partial charge in [0.05, 0.1) is 5.56 Å². The summed E-state index contributed by atoms with van der Waals surface area (Å²) in [6.07, 6.45) is -0.312. The number of hydrogen-bond acceptors (Lipinski definition) is 3. The van der Waals surface area contributed by atoms with Crippen molar-refractivity contribution in [1.82, 2.24) is 0 Å². The maximum Gasteiger partial charge on any atom is 0.262 e. The van der Waals surface area contributed by atoms with Gasteiger partial charge in [0.15, 0.2) is 0 Å². The van der Waals surface area contributed by atoms with Crippen LogP contribution < -0.4 is 10.2 Å². The number of phenolic OH excluding ortho intramolecular Hbond substituents is 1. The van der Waals surface area contributed by atoms with Gasteiger partial charge in [0.2, 0.25) is 0 Å². The molecule has 1 aliphatic heterocycles. The molecule has 4 heteroatoms. The Morgan fingerprint density at radius 1 is 0.920 bits per heavy atom. The van der Waals surface area contributed by atoms with E-state index in [1.807, 2.05) is 55.5 Å². The van der Waals surface area contributed by atoms with Crippen molar-refractivity contribution in [3.05, 3.63) is 89.5 Å². The molecule has 4 rings (SSSR count). The Hall–Kier alpha value is -3.27. The van der Waals surface area contributed by atoms with Gasteiger partial charge in [-0.1, -0.05) is 42.0 Å². The van der Waals surface area contributed by atoms with E-state index in [9.17, 15) is 9.90 Å². The number of nitrogens with one attached hydrogen (secondary N) is 1. The molecule has 0 radical (unpaired) electrons. The van der Waals surface area contributed by atoms with Crippen LogP contribution in [0.25, 0.3) is 0 Å². The first kappa shape index (κ1) is 15.3. The van der Waals surface area contributed by atoms with Crippen LogP contribution in [0.2, 0.25) is 0 Å². The second-order valence-electron chi connectivity index (χ2n) is 6.19. The smallest absolute Gasteiger partial charge is 0.262 e. The first-order valence-electron chi connectivity index (χ1n) is 8.18. The highest BCUT2D eigenvalue weighted by atomic mass is 16.3. The van der Waals surface area contributed by atoms with Gasteiger partial charge in [-0.25, -0.2) is 0 Å².